The average Bonchev–Trinajstić information content (AvgIpc) is 2.47. The van der Waals surface area contributed by atoms with Crippen molar-refractivity contribution in [2.75, 3.05) is 31.1 Å². The van der Waals surface area contributed by atoms with E-state index in [1.165, 1.54) is 56.7 Å². The van der Waals surface area contributed by atoms with Crippen LogP contribution in [0.3, 0.4) is 0 Å². The van der Waals surface area contributed by atoms with Gasteiger partial charge in [0.1, 0.15) is 0 Å². The van der Waals surface area contributed by atoms with E-state index in [1.54, 1.807) is 0 Å². The first-order valence-corrected chi connectivity index (χ1v) is 9.64. The van der Waals surface area contributed by atoms with Crippen molar-refractivity contribution < 1.29 is 0 Å². The summed E-state index contributed by atoms with van der Waals surface area (Å²) in [5.74, 6) is 2.53. The van der Waals surface area contributed by atoms with Crippen LogP contribution in [0.2, 0.25) is 0 Å². The molecule has 0 bridgehead atoms. The fraction of sp³-hybridized carbons (Fsp3) is 1.00. The third-order valence-electron chi connectivity index (χ3n) is 6.74. The van der Waals surface area contributed by atoms with Crippen LogP contribution in [0.25, 0.3) is 0 Å². The summed E-state index contributed by atoms with van der Waals surface area (Å²) in [6.07, 6.45) is 6.71. The van der Waals surface area contributed by atoms with Crippen molar-refractivity contribution in [1.29, 1.82) is 0 Å². The Kier molecular flexibility index (Phi) is 5.14. The van der Waals surface area contributed by atoms with Gasteiger partial charge >= 0.3 is 0 Å². The average molecular weight is 299 g/mol. The Morgan fingerprint density at radius 3 is 2.10 bits per heavy atom. The quantitative estimate of drug-likeness (QED) is 0.857. The minimum Gasteiger partial charge on any atom is -0.329 e. The lowest BCUT2D eigenvalue weighted by Gasteiger charge is -2.58. The van der Waals surface area contributed by atoms with Gasteiger partial charge in [0.05, 0.1) is 0 Å². The van der Waals surface area contributed by atoms with E-state index < -0.39 is 0 Å². The van der Waals surface area contributed by atoms with Crippen LogP contribution in [0.15, 0.2) is 0 Å². The molecular weight excluding hydrogens is 264 g/mol. The van der Waals surface area contributed by atoms with Gasteiger partial charge in [0.15, 0.2) is 0 Å². The number of rotatable bonds is 4. The van der Waals surface area contributed by atoms with E-state index in [-0.39, 0.29) is 5.54 Å². The van der Waals surface area contributed by atoms with Crippen LogP contribution < -0.4 is 5.73 Å². The molecule has 0 aliphatic carbocycles. The van der Waals surface area contributed by atoms with Gasteiger partial charge in [-0.2, -0.15) is 11.8 Å². The van der Waals surface area contributed by atoms with Gasteiger partial charge in [0.25, 0.3) is 0 Å². The molecular formula is C17H34N2S. The van der Waals surface area contributed by atoms with E-state index in [0.717, 1.165) is 6.54 Å². The lowest BCUT2D eigenvalue weighted by atomic mass is 9.67. The van der Waals surface area contributed by atoms with Crippen molar-refractivity contribution in [2.45, 2.75) is 65.3 Å². The summed E-state index contributed by atoms with van der Waals surface area (Å²) in [5, 5.41) is 0. The summed E-state index contributed by atoms with van der Waals surface area (Å²) < 4.78 is 0. The first-order valence-electron chi connectivity index (χ1n) is 8.48. The summed E-state index contributed by atoms with van der Waals surface area (Å²) >= 11 is 2.11. The van der Waals surface area contributed by atoms with Crippen molar-refractivity contribution >= 4 is 11.8 Å². The van der Waals surface area contributed by atoms with Crippen molar-refractivity contribution in [3.63, 3.8) is 0 Å². The highest BCUT2D eigenvalue weighted by molar-refractivity contribution is 7.99. The minimum absolute atomic E-state index is 0.226. The molecule has 1 atom stereocenters. The maximum Gasteiger partial charge on any atom is 0.0472 e. The highest BCUT2D eigenvalue weighted by Crippen LogP contribution is 2.48. The molecule has 2 aliphatic rings. The molecule has 0 aromatic rings. The van der Waals surface area contributed by atoms with Gasteiger partial charge in [-0.25, -0.2) is 0 Å². The minimum atomic E-state index is 0.226. The lowest BCUT2D eigenvalue weighted by molar-refractivity contribution is -0.0392. The van der Waals surface area contributed by atoms with E-state index >= 15 is 0 Å². The predicted molar refractivity (Wildman–Crippen MR) is 91.3 cm³/mol. The molecule has 2 saturated heterocycles. The van der Waals surface area contributed by atoms with Crippen LogP contribution in [0.5, 0.6) is 0 Å². The van der Waals surface area contributed by atoms with Crippen LogP contribution >= 0.6 is 11.8 Å². The molecule has 1 unspecified atom stereocenters. The number of thioether (sulfide) groups is 1. The molecule has 2 heterocycles. The van der Waals surface area contributed by atoms with Gasteiger partial charge in [0.2, 0.25) is 0 Å². The number of hydrogen-bond acceptors (Lipinski definition) is 3. The number of nitrogens with zero attached hydrogens (tertiary/aromatic N) is 1. The molecule has 2 N–H and O–H groups in total. The van der Waals surface area contributed by atoms with E-state index in [0.29, 0.717) is 10.8 Å². The third kappa shape index (κ3) is 2.66. The first-order chi connectivity index (χ1) is 9.45. The van der Waals surface area contributed by atoms with Crippen molar-refractivity contribution in [2.24, 2.45) is 16.6 Å². The maximum absolute atomic E-state index is 6.32. The largest absolute Gasteiger partial charge is 0.329 e. The molecule has 2 fully saturated rings. The first kappa shape index (κ1) is 16.6. The Balaban J connectivity index is 2.14. The molecule has 2 rings (SSSR count). The molecule has 3 heteroatoms. The fourth-order valence-corrected chi connectivity index (χ4v) is 6.17. The zero-order chi connectivity index (χ0) is 14.9. The molecule has 0 aromatic carbocycles. The highest BCUT2D eigenvalue weighted by Gasteiger charge is 2.51. The maximum atomic E-state index is 6.32. The standard InChI is InChI=1S/C17H34N2S/c1-5-16(6-2)7-10-19(11-8-16)17(13-18)14-20-12-9-15(17,3)4/h5-14,18H2,1-4H3. The summed E-state index contributed by atoms with van der Waals surface area (Å²) in [5.41, 5.74) is 7.51. The topological polar surface area (TPSA) is 29.3 Å². The molecule has 0 radical (unpaired) electrons. The Morgan fingerprint density at radius 1 is 1.05 bits per heavy atom. The normalized spacial score (nSPS) is 34.0. The second-order valence-corrected chi connectivity index (χ2v) is 8.72. The lowest BCUT2D eigenvalue weighted by Crippen LogP contribution is -2.67. The smallest absolute Gasteiger partial charge is 0.0472 e. The summed E-state index contributed by atoms with van der Waals surface area (Å²) in [4.78, 5) is 2.77. The van der Waals surface area contributed by atoms with Gasteiger partial charge in [0, 0.05) is 17.8 Å². The Morgan fingerprint density at radius 2 is 1.65 bits per heavy atom. The molecule has 0 aromatic heterocycles. The fourth-order valence-electron chi connectivity index (χ4n) is 4.35. The van der Waals surface area contributed by atoms with Crippen molar-refractivity contribution in [3.05, 3.63) is 0 Å². The van der Waals surface area contributed by atoms with Gasteiger partial charge < -0.3 is 5.73 Å². The number of nitrogens with two attached hydrogens (primary N) is 1. The van der Waals surface area contributed by atoms with E-state index in [4.69, 9.17) is 5.73 Å². The number of piperidine rings is 1. The third-order valence-corrected chi connectivity index (χ3v) is 7.91. The van der Waals surface area contributed by atoms with Gasteiger partial charge in [-0.15, -0.1) is 0 Å². The Bertz CT molecular complexity index is 315. The second-order valence-electron chi connectivity index (χ2n) is 7.62. The van der Waals surface area contributed by atoms with Gasteiger partial charge in [-0.1, -0.05) is 40.5 Å². The van der Waals surface area contributed by atoms with Crippen LogP contribution in [-0.4, -0.2) is 41.6 Å². The molecule has 20 heavy (non-hydrogen) atoms. The molecule has 0 spiro atoms. The van der Waals surface area contributed by atoms with Crippen LogP contribution in [0.4, 0.5) is 0 Å². The molecule has 0 amide bonds. The predicted octanol–water partition coefficient (Wildman–Crippen LogP) is 3.75. The molecule has 2 aliphatic heterocycles. The zero-order valence-electron chi connectivity index (χ0n) is 14.0. The SMILES string of the molecule is CCC1(CC)CCN(C2(CN)CSCCC2(C)C)CC1. The van der Waals surface area contributed by atoms with Crippen molar-refractivity contribution in [1.82, 2.24) is 4.90 Å². The number of hydrogen-bond donors (Lipinski definition) is 1. The summed E-state index contributed by atoms with van der Waals surface area (Å²) in [6.45, 7) is 13.0. The monoisotopic (exact) mass is 298 g/mol. The van der Waals surface area contributed by atoms with E-state index in [1.807, 2.05) is 0 Å². The Labute approximate surface area is 130 Å². The highest BCUT2D eigenvalue weighted by atomic mass is 32.2. The second kappa shape index (κ2) is 6.18. The molecule has 2 nitrogen and oxygen atoms in total. The molecule has 118 valence electrons. The summed E-state index contributed by atoms with van der Waals surface area (Å²) in [6, 6.07) is 0. The van der Waals surface area contributed by atoms with Crippen LogP contribution in [0.1, 0.15) is 59.8 Å². The van der Waals surface area contributed by atoms with Crippen LogP contribution in [0, 0.1) is 10.8 Å². The van der Waals surface area contributed by atoms with Crippen LogP contribution in [-0.2, 0) is 0 Å². The zero-order valence-corrected chi connectivity index (χ0v) is 14.8. The number of likely N-dealkylation sites (tertiary alicyclic amines) is 1. The Hall–Kier alpha value is 0.270. The molecule has 0 saturated carbocycles. The van der Waals surface area contributed by atoms with Gasteiger partial charge in [-0.3, -0.25) is 4.90 Å². The van der Waals surface area contributed by atoms with Gasteiger partial charge in [-0.05, 0) is 48.9 Å². The van der Waals surface area contributed by atoms with Crippen molar-refractivity contribution in [3.8, 4) is 0 Å². The van der Waals surface area contributed by atoms with E-state index in [2.05, 4.69) is 44.4 Å². The van der Waals surface area contributed by atoms with E-state index in [9.17, 15) is 0 Å². The summed E-state index contributed by atoms with van der Waals surface area (Å²) in [7, 11) is 0.